The zero-order valence-electron chi connectivity index (χ0n) is 9.99. The van der Waals surface area contributed by atoms with Crippen LogP contribution < -0.4 is 0 Å². The fraction of sp³-hybridized carbons (Fsp3) is 0.667. The minimum absolute atomic E-state index is 0.0690. The van der Waals surface area contributed by atoms with Crippen LogP contribution in [0, 0.1) is 0 Å². The first-order valence-electron chi connectivity index (χ1n) is 5.68. The molecule has 0 aromatic rings. The molecule has 1 unspecified atom stereocenters. The standard InChI is InChI=1S/C12H19NO3/c1-9(2)12(15)16-10(3)13-8-6-4-5-7-11(13)14/h10H,1,4-8H2,2-3H3. The van der Waals surface area contributed by atoms with Crippen molar-refractivity contribution in [2.75, 3.05) is 6.54 Å². The first-order chi connectivity index (χ1) is 7.52. The van der Waals surface area contributed by atoms with E-state index in [-0.39, 0.29) is 5.91 Å². The van der Waals surface area contributed by atoms with E-state index in [1.165, 1.54) is 0 Å². The monoisotopic (exact) mass is 225 g/mol. The van der Waals surface area contributed by atoms with Crippen LogP contribution in [0.3, 0.4) is 0 Å². The molecule has 0 bridgehead atoms. The van der Waals surface area contributed by atoms with E-state index in [0.717, 1.165) is 19.3 Å². The molecule has 0 N–H and O–H groups in total. The van der Waals surface area contributed by atoms with Gasteiger partial charge in [-0.15, -0.1) is 0 Å². The summed E-state index contributed by atoms with van der Waals surface area (Å²) >= 11 is 0. The van der Waals surface area contributed by atoms with Gasteiger partial charge in [0.15, 0.2) is 6.23 Å². The third-order valence-corrected chi connectivity index (χ3v) is 2.67. The van der Waals surface area contributed by atoms with Gasteiger partial charge in [-0.2, -0.15) is 0 Å². The predicted octanol–water partition coefficient (Wildman–Crippen LogP) is 1.85. The van der Waals surface area contributed by atoms with Crippen molar-refractivity contribution in [1.82, 2.24) is 4.90 Å². The van der Waals surface area contributed by atoms with Crippen LogP contribution in [0.25, 0.3) is 0 Å². The lowest BCUT2D eigenvalue weighted by Gasteiger charge is -2.27. The molecule has 1 aliphatic heterocycles. The number of amides is 1. The molecule has 1 aliphatic rings. The minimum atomic E-state index is -0.491. The van der Waals surface area contributed by atoms with Crippen LogP contribution in [-0.2, 0) is 14.3 Å². The maximum atomic E-state index is 11.7. The molecule has 1 saturated heterocycles. The van der Waals surface area contributed by atoms with Crippen LogP contribution in [0.15, 0.2) is 12.2 Å². The van der Waals surface area contributed by atoms with Crippen molar-refractivity contribution in [3.63, 3.8) is 0 Å². The average molecular weight is 225 g/mol. The molecule has 0 aliphatic carbocycles. The van der Waals surface area contributed by atoms with E-state index in [9.17, 15) is 9.59 Å². The topological polar surface area (TPSA) is 46.6 Å². The van der Waals surface area contributed by atoms with E-state index in [0.29, 0.717) is 18.5 Å². The summed E-state index contributed by atoms with van der Waals surface area (Å²) in [4.78, 5) is 24.7. The molecule has 0 saturated carbocycles. The number of esters is 1. The Kier molecular flexibility index (Phi) is 4.52. The summed E-state index contributed by atoms with van der Waals surface area (Å²) < 4.78 is 5.14. The Balaban J connectivity index is 2.57. The van der Waals surface area contributed by atoms with Crippen molar-refractivity contribution < 1.29 is 14.3 Å². The van der Waals surface area contributed by atoms with Gasteiger partial charge >= 0.3 is 5.97 Å². The van der Waals surface area contributed by atoms with Gasteiger partial charge in [0.1, 0.15) is 0 Å². The van der Waals surface area contributed by atoms with E-state index in [1.807, 2.05) is 0 Å². The maximum absolute atomic E-state index is 11.7. The summed E-state index contributed by atoms with van der Waals surface area (Å²) in [6.45, 7) is 7.51. The Labute approximate surface area is 96.3 Å². The van der Waals surface area contributed by atoms with Gasteiger partial charge in [-0.05, 0) is 26.7 Å². The molecule has 4 heteroatoms. The van der Waals surface area contributed by atoms with Crippen LogP contribution in [0.4, 0.5) is 0 Å². The van der Waals surface area contributed by atoms with Crippen LogP contribution in [0.2, 0.25) is 0 Å². The van der Waals surface area contributed by atoms with Crippen LogP contribution in [0.1, 0.15) is 39.5 Å². The highest BCUT2D eigenvalue weighted by Crippen LogP contribution is 2.15. The summed E-state index contributed by atoms with van der Waals surface area (Å²) in [5.41, 5.74) is 0.356. The fourth-order valence-corrected chi connectivity index (χ4v) is 1.71. The summed E-state index contributed by atoms with van der Waals surface area (Å²) in [5, 5.41) is 0. The molecule has 1 rings (SSSR count). The normalized spacial score (nSPS) is 18.9. The molecule has 0 aromatic heterocycles. The maximum Gasteiger partial charge on any atom is 0.335 e. The number of carbonyl (C=O) groups is 2. The van der Waals surface area contributed by atoms with Gasteiger partial charge in [-0.1, -0.05) is 13.0 Å². The number of nitrogens with zero attached hydrogens (tertiary/aromatic N) is 1. The Hall–Kier alpha value is -1.32. The highest BCUT2D eigenvalue weighted by Gasteiger charge is 2.24. The first kappa shape index (κ1) is 12.7. The molecular formula is C12H19NO3. The first-order valence-corrected chi connectivity index (χ1v) is 5.68. The van der Waals surface area contributed by atoms with E-state index >= 15 is 0 Å². The summed E-state index contributed by atoms with van der Waals surface area (Å²) in [6, 6.07) is 0. The zero-order chi connectivity index (χ0) is 12.1. The lowest BCUT2D eigenvalue weighted by Crippen LogP contribution is -2.41. The molecule has 4 nitrogen and oxygen atoms in total. The summed E-state index contributed by atoms with van der Waals surface area (Å²) in [5.74, 6) is -0.371. The second-order valence-corrected chi connectivity index (χ2v) is 4.18. The van der Waals surface area contributed by atoms with Crippen molar-refractivity contribution in [3.05, 3.63) is 12.2 Å². The molecular weight excluding hydrogens is 206 g/mol. The largest absolute Gasteiger partial charge is 0.438 e. The lowest BCUT2D eigenvalue weighted by molar-refractivity contribution is -0.159. The Morgan fingerprint density at radius 2 is 2.12 bits per heavy atom. The van der Waals surface area contributed by atoms with Gasteiger partial charge < -0.3 is 9.64 Å². The van der Waals surface area contributed by atoms with Crippen molar-refractivity contribution in [3.8, 4) is 0 Å². The number of ether oxygens (including phenoxy) is 1. The van der Waals surface area contributed by atoms with Gasteiger partial charge in [0, 0.05) is 18.5 Å². The minimum Gasteiger partial charge on any atom is -0.438 e. The van der Waals surface area contributed by atoms with E-state index in [1.54, 1.807) is 18.7 Å². The Bertz CT molecular complexity index is 299. The number of hydrogen-bond donors (Lipinski definition) is 0. The predicted molar refractivity (Wildman–Crippen MR) is 60.5 cm³/mol. The van der Waals surface area contributed by atoms with Gasteiger partial charge in [0.05, 0.1) is 0 Å². The van der Waals surface area contributed by atoms with Gasteiger partial charge in [-0.3, -0.25) is 4.79 Å². The van der Waals surface area contributed by atoms with Crippen LogP contribution >= 0.6 is 0 Å². The molecule has 90 valence electrons. The average Bonchev–Trinajstić information content (AvgIpc) is 2.42. The van der Waals surface area contributed by atoms with Crippen molar-refractivity contribution >= 4 is 11.9 Å². The SMILES string of the molecule is C=C(C)C(=O)OC(C)N1CCCCCC1=O. The van der Waals surface area contributed by atoms with Gasteiger partial charge in [0.2, 0.25) is 5.91 Å². The Morgan fingerprint density at radius 3 is 2.75 bits per heavy atom. The third-order valence-electron chi connectivity index (χ3n) is 2.67. The molecule has 1 fully saturated rings. The van der Waals surface area contributed by atoms with Crippen molar-refractivity contribution in [2.24, 2.45) is 0 Å². The molecule has 1 atom stereocenters. The quantitative estimate of drug-likeness (QED) is 0.544. The number of likely N-dealkylation sites (tertiary alicyclic amines) is 1. The summed E-state index contributed by atoms with van der Waals surface area (Å²) in [6.07, 6.45) is 3.02. The van der Waals surface area contributed by atoms with Crippen molar-refractivity contribution in [2.45, 2.75) is 45.8 Å². The van der Waals surface area contributed by atoms with E-state index in [2.05, 4.69) is 6.58 Å². The fourth-order valence-electron chi connectivity index (χ4n) is 1.71. The molecule has 0 aromatic carbocycles. The Morgan fingerprint density at radius 1 is 1.44 bits per heavy atom. The number of hydrogen-bond acceptors (Lipinski definition) is 3. The summed E-state index contributed by atoms with van der Waals surface area (Å²) in [7, 11) is 0. The lowest BCUT2D eigenvalue weighted by atomic mass is 10.2. The number of rotatable bonds is 3. The van der Waals surface area contributed by atoms with Gasteiger partial charge in [-0.25, -0.2) is 4.79 Å². The molecule has 1 amide bonds. The smallest absolute Gasteiger partial charge is 0.335 e. The zero-order valence-corrected chi connectivity index (χ0v) is 9.99. The highest BCUT2D eigenvalue weighted by atomic mass is 16.6. The van der Waals surface area contributed by atoms with Crippen LogP contribution in [-0.4, -0.2) is 29.5 Å². The second kappa shape index (κ2) is 5.68. The van der Waals surface area contributed by atoms with E-state index < -0.39 is 12.2 Å². The van der Waals surface area contributed by atoms with Gasteiger partial charge in [0.25, 0.3) is 0 Å². The molecule has 1 heterocycles. The second-order valence-electron chi connectivity index (χ2n) is 4.18. The molecule has 16 heavy (non-hydrogen) atoms. The number of carbonyl (C=O) groups excluding carboxylic acids is 2. The molecule has 0 radical (unpaired) electrons. The highest BCUT2D eigenvalue weighted by molar-refractivity contribution is 5.87. The van der Waals surface area contributed by atoms with Crippen molar-refractivity contribution in [1.29, 1.82) is 0 Å². The third kappa shape index (κ3) is 3.36. The molecule has 0 spiro atoms. The van der Waals surface area contributed by atoms with Crippen LogP contribution in [0.5, 0.6) is 0 Å². The van der Waals surface area contributed by atoms with E-state index in [4.69, 9.17) is 4.74 Å².